The number of Topliss-reactive ketones (excluding diaryl/α,β-unsaturated/α-hetero) is 1. The number of benzene rings is 1. The van der Waals surface area contributed by atoms with Gasteiger partial charge in [0.2, 0.25) is 0 Å². The van der Waals surface area contributed by atoms with Gasteiger partial charge in [-0.15, -0.1) is 0 Å². The van der Waals surface area contributed by atoms with Crippen molar-refractivity contribution >= 4 is 25.5 Å². The Balaban J connectivity index is 2.63. The van der Waals surface area contributed by atoms with Crippen molar-refractivity contribution in [3.63, 3.8) is 0 Å². The van der Waals surface area contributed by atoms with Gasteiger partial charge in [-0.1, -0.05) is 18.2 Å². The summed E-state index contributed by atoms with van der Waals surface area (Å²) in [5, 5.41) is 0. The van der Waals surface area contributed by atoms with Crippen molar-refractivity contribution in [2.75, 3.05) is 24.0 Å². The van der Waals surface area contributed by atoms with E-state index in [1.165, 1.54) is 0 Å². The lowest BCUT2D eigenvalue weighted by Crippen LogP contribution is -2.55. The monoisotopic (exact) mass is 388 g/mol. The Morgan fingerprint density at radius 1 is 0.920 bits per heavy atom. The van der Waals surface area contributed by atoms with Gasteiger partial charge in [-0.05, 0) is 32.8 Å². The third-order valence-electron chi connectivity index (χ3n) is 4.55. The number of ether oxygens (including phenoxy) is 1. The highest BCUT2D eigenvalue weighted by Crippen LogP contribution is 2.47. The average molecular weight is 389 g/mol. The van der Waals surface area contributed by atoms with Crippen LogP contribution in [0.15, 0.2) is 24.3 Å². The second-order valence-electron chi connectivity index (χ2n) is 7.28. The maximum absolute atomic E-state index is 13.3. The summed E-state index contributed by atoms with van der Waals surface area (Å²) in [5.74, 6) is -0.195. The summed E-state index contributed by atoms with van der Waals surface area (Å²) in [6.45, 7) is 3.25. The van der Waals surface area contributed by atoms with Crippen molar-refractivity contribution in [2.45, 2.75) is 37.7 Å². The summed E-state index contributed by atoms with van der Waals surface area (Å²) in [4.78, 5) is 13.3. The summed E-state index contributed by atoms with van der Waals surface area (Å²) in [6, 6.07) is 6.94. The van der Waals surface area contributed by atoms with E-state index >= 15 is 0 Å². The lowest BCUT2D eigenvalue weighted by atomic mass is 9.66. The molecule has 0 saturated carbocycles. The second kappa shape index (κ2) is 6.39. The molecule has 1 aromatic carbocycles. The summed E-state index contributed by atoms with van der Waals surface area (Å²) < 4.78 is 52.7. The van der Waals surface area contributed by atoms with E-state index < -0.39 is 30.7 Å². The number of ketones is 1. The molecule has 8 heteroatoms. The summed E-state index contributed by atoms with van der Waals surface area (Å²) >= 11 is 0. The van der Waals surface area contributed by atoms with Crippen LogP contribution < -0.4 is 4.74 Å². The van der Waals surface area contributed by atoms with Gasteiger partial charge in [0, 0.05) is 18.1 Å². The van der Waals surface area contributed by atoms with E-state index in [9.17, 15) is 21.6 Å². The highest BCUT2D eigenvalue weighted by atomic mass is 32.2. The minimum atomic E-state index is -3.32. The standard InChI is InChI=1S/C17H24O6S2/c1-16(2)15(18)17(9-11-24(3,19)20,10-12-25(4,21)22)13-7-5-6-8-14(13)23-16/h5-8H,9-12H2,1-4H3. The van der Waals surface area contributed by atoms with Crippen molar-refractivity contribution in [2.24, 2.45) is 0 Å². The Hall–Kier alpha value is -1.41. The third kappa shape index (κ3) is 4.41. The van der Waals surface area contributed by atoms with E-state index in [-0.39, 0.29) is 30.1 Å². The Kier molecular flexibility index (Phi) is 5.09. The molecule has 0 radical (unpaired) electrons. The molecule has 1 aromatic rings. The zero-order valence-corrected chi connectivity index (χ0v) is 16.5. The van der Waals surface area contributed by atoms with Crippen molar-refractivity contribution in [3.8, 4) is 5.75 Å². The fourth-order valence-electron chi connectivity index (χ4n) is 3.31. The molecule has 6 nitrogen and oxygen atoms in total. The molecule has 0 bridgehead atoms. The van der Waals surface area contributed by atoms with Gasteiger partial charge in [-0.2, -0.15) is 0 Å². The van der Waals surface area contributed by atoms with Gasteiger partial charge in [0.15, 0.2) is 11.4 Å². The molecular weight excluding hydrogens is 364 g/mol. The first kappa shape index (κ1) is 19.9. The first-order valence-corrected chi connectivity index (χ1v) is 12.1. The molecule has 0 atom stereocenters. The van der Waals surface area contributed by atoms with Crippen LogP contribution in [0.3, 0.4) is 0 Å². The molecule has 1 heterocycles. The summed E-state index contributed by atoms with van der Waals surface area (Å²) in [5.41, 5.74) is -1.81. The largest absolute Gasteiger partial charge is 0.480 e. The molecule has 0 saturated heterocycles. The van der Waals surface area contributed by atoms with Crippen LogP contribution in [0, 0.1) is 0 Å². The van der Waals surface area contributed by atoms with E-state index in [2.05, 4.69) is 0 Å². The Morgan fingerprint density at radius 2 is 1.40 bits per heavy atom. The predicted molar refractivity (Wildman–Crippen MR) is 96.5 cm³/mol. The number of carbonyl (C=O) groups excluding carboxylic acids is 1. The van der Waals surface area contributed by atoms with Crippen LogP contribution in [-0.4, -0.2) is 52.2 Å². The SMILES string of the molecule is CC1(C)Oc2ccccc2C(CCS(C)(=O)=O)(CCS(C)(=O)=O)C1=O. The van der Waals surface area contributed by atoms with Gasteiger partial charge in [0.05, 0.1) is 16.9 Å². The molecule has 1 aliphatic rings. The second-order valence-corrected chi connectivity index (χ2v) is 11.8. The first-order valence-electron chi connectivity index (χ1n) is 7.96. The highest BCUT2D eigenvalue weighted by Gasteiger charge is 2.53. The van der Waals surface area contributed by atoms with E-state index in [1.807, 2.05) is 0 Å². The molecule has 0 amide bonds. The maximum atomic E-state index is 13.3. The van der Waals surface area contributed by atoms with Crippen LogP contribution >= 0.6 is 0 Å². The Labute approximate surface area is 149 Å². The summed E-state index contributed by atoms with van der Waals surface area (Å²) in [6.07, 6.45) is 2.28. The van der Waals surface area contributed by atoms with E-state index in [0.29, 0.717) is 11.3 Å². The Bertz CT molecular complexity index is 845. The number of para-hydroxylation sites is 1. The summed E-state index contributed by atoms with van der Waals surface area (Å²) in [7, 11) is -6.64. The van der Waals surface area contributed by atoms with Crippen molar-refractivity contribution < 1.29 is 26.4 Å². The van der Waals surface area contributed by atoms with Gasteiger partial charge < -0.3 is 4.74 Å². The van der Waals surface area contributed by atoms with Crippen LogP contribution in [0.4, 0.5) is 0 Å². The van der Waals surface area contributed by atoms with E-state index in [0.717, 1.165) is 12.5 Å². The topological polar surface area (TPSA) is 94.6 Å². The lowest BCUT2D eigenvalue weighted by molar-refractivity contribution is -0.141. The zero-order chi connectivity index (χ0) is 19.1. The third-order valence-corrected chi connectivity index (χ3v) is 6.44. The minimum Gasteiger partial charge on any atom is -0.480 e. The first-order chi connectivity index (χ1) is 11.3. The molecule has 0 N–H and O–H groups in total. The maximum Gasteiger partial charge on any atom is 0.186 e. The van der Waals surface area contributed by atoms with Gasteiger partial charge in [0.1, 0.15) is 25.4 Å². The zero-order valence-electron chi connectivity index (χ0n) is 14.9. The number of hydrogen-bond acceptors (Lipinski definition) is 6. The molecule has 140 valence electrons. The quantitative estimate of drug-likeness (QED) is 0.734. The normalized spacial score (nSPS) is 19.1. The van der Waals surface area contributed by atoms with E-state index in [4.69, 9.17) is 4.74 Å². The van der Waals surface area contributed by atoms with E-state index in [1.54, 1.807) is 38.1 Å². The number of sulfone groups is 2. The molecular formula is C17H24O6S2. The smallest absolute Gasteiger partial charge is 0.186 e. The minimum absolute atomic E-state index is 0.0317. The van der Waals surface area contributed by atoms with Gasteiger partial charge in [-0.25, -0.2) is 16.8 Å². The van der Waals surface area contributed by atoms with Gasteiger partial charge in [0.25, 0.3) is 0 Å². The number of rotatable bonds is 6. The fourth-order valence-corrected chi connectivity index (χ4v) is 4.75. The van der Waals surface area contributed by atoms with Crippen molar-refractivity contribution in [1.29, 1.82) is 0 Å². The molecule has 0 aromatic heterocycles. The molecule has 1 aliphatic heterocycles. The van der Waals surface area contributed by atoms with Crippen LogP contribution in [0.2, 0.25) is 0 Å². The molecule has 0 unspecified atom stereocenters. The average Bonchev–Trinajstić information content (AvgIpc) is 2.45. The fraction of sp³-hybridized carbons (Fsp3) is 0.588. The highest BCUT2D eigenvalue weighted by molar-refractivity contribution is 7.90. The number of fused-ring (bicyclic) bond motifs is 1. The van der Waals surface area contributed by atoms with Crippen LogP contribution in [0.25, 0.3) is 0 Å². The molecule has 2 rings (SSSR count). The van der Waals surface area contributed by atoms with Crippen LogP contribution in [-0.2, 0) is 29.9 Å². The van der Waals surface area contributed by atoms with Crippen molar-refractivity contribution in [1.82, 2.24) is 0 Å². The number of carbonyl (C=O) groups is 1. The lowest BCUT2D eigenvalue weighted by Gasteiger charge is -2.44. The predicted octanol–water partition coefficient (Wildman–Crippen LogP) is 1.53. The number of hydrogen-bond donors (Lipinski definition) is 0. The van der Waals surface area contributed by atoms with Crippen LogP contribution in [0.5, 0.6) is 5.75 Å². The van der Waals surface area contributed by atoms with Crippen molar-refractivity contribution in [3.05, 3.63) is 29.8 Å². The van der Waals surface area contributed by atoms with Gasteiger partial charge >= 0.3 is 0 Å². The molecule has 0 fully saturated rings. The molecule has 0 spiro atoms. The molecule has 0 aliphatic carbocycles. The Morgan fingerprint density at radius 3 is 1.88 bits per heavy atom. The molecule has 25 heavy (non-hydrogen) atoms. The van der Waals surface area contributed by atoms with Crippen LogP contribution in [0.1, 0.15) is 32.3 Å². The van der Waals surface area contributed by atoms with Gasteiger partial charge in [-0.3, -0.25) is 4.79 Å².